The second-order valence-electron chi connectivity index (χ2n) is 4.70. The van der Waals surface area contributed by atoms with Gasteiger partial charge in [-0.05, 0) is 29.7 Å². The number of pyridine rings is 1. The van der Waals surface area contributed by atoms with Crippen molar-refractivity contribution in [1.82, 2.24) is 10.3 Å². The van der Waals surface area contributed by atoms with Crippen molar-refractivity contribution < 1.29 is 4.74 Å². The second kappa shape index (κ2) is 6.19. The number of amidine groups is 1. The van der Waals surface area contributed by atoms with Gasteiger partial charge in [0.05, 0.1) is 12.6 Å². The Balaban J connectivity index is 1.79. The molecule has 1 aromatic carbocycles. The van der Waals surface area contributed by atoms with Gasteiger partial charge in [0, 0.05) is 12.4 Å². The van der Waals surface area contributed by atoms with E-state index in [9.17, 15) is 0 Å². The van der Waals surface area contributed by atoms with Crippen molar-refractivity contribution in [1.29, 1.82) is 0 Å². The Labute approximate surface area is 118 Å². The molecule has 0 amide bonds. The number of nitrogens with zero attached hydrogens (tertiary/aromatic N) is 2. The number of nitrogens with one attached hydrogen (secondary N) is 1. The van der Waals surface area contributed by atoms with Crippen LogP contribution in [0.25, 0.3) is 0 Å². The minimum Gasteiger partial charge on any atom is -0.463 e. The highest BCUT2D eigenvalue weighted by Crippen LogP contribution is 2.18. The molecule has 3 rings (SSSR count). The number of aromatic nitrogens is 1. The van der Waals surface area contributed by atoms with Crippen molar-refractivity contribution in [3.05, 3.63) is 66.0 Å². The maximum atomic E-state index is 5.47. The Morgan fingerprint density at radius 3 is 2.60 bits per heavy atom. The molecule has 102 valence electrons. The summed E-state index contributed by atoms with van der Waals surface area (Å²) in [6.45, 7) is 1.40. The van der Waals surface area contributed by atoms with E-state index in [-0.39, 0.29) is 6.04 Å². The minimum atomic E-state index is 0.149. The average molecular weight is 267 g/mol. The molecular weight excluding hydrogens is 250 g/mol. The van der Waals surface area contributed by atoms with Crippen LogP contribution in [-0.4, -0.2) is 24.2 Å². The monoisotopic (exact) mass is 267 g/mol. The van der Waals surface area contributed by atoms with E-state index >= 15 is 0 Å². The zero-order valence-corrected chi connectivity index (χ0v) is 11.2. The molecule has 20 heavy (non-hydrogen) atoms. The van der Waals surface area contributed by atoms with E-state index in [0.717, 1.165) is 13.0 Å². The van der Waals surface area contributed by atoms with Crippen LogP contribution in [-0.2, 0) is 11.2 Å². The lowest BCUT2D eigenvalue weighted by molar-refractivity contribution is 0.325. The average Bonchev–Trinajstić information content (AvgIpc) is 3.02. The SMILES string of the molecule is c1ccc([C@H](Cc2ccncc2)NC2=NCCO2)cc1. The van der Waals surface area contributed by atoms with E-state index in [0.29, 0.717) is 12.6 Å². The molecule has 0 aliphatic carbocycles. The summed E-state index contributed by atoms with van der Waals surface area (Å²) < 4.78 is 5.47. The van der Waals surface area contributed by atoms with Gasteiger partial charge in [-0.25, -0.2) is 4.99 Å². The maximum Gasteiger partial charge on any atom is 0.285 e. The fourth-order valence-electron chi connectivity index (χ4n) is 2.26. The Kier molecular flexibility index (Phi) is 3.92. The van der Waals surface area contributed by atoms with Crippen molar-refractivity contribution in [3.63, 3.8) is 0 Å². The Morgan fingerprint density at radius 1 is 1.10 bits per heavy atom. The Bertz CT molecular complexity index is 569. The summed E-state index contributed by atoms with van der Waals surface area (Å²) in [6.07, 6.45) is 4.51. The van der Waals surface area contributed by atoms with Gasteiger partial charge in [-0.15, -0.1) is 0 Å². The molecule has 0 spiro atoms. The van der Waals surface area contributed by atoms with Crippen molar-refractivity contribution in [2.75, 3.05) is 13.2 Å². The highest BCUT2D eigenvalue weighted by Gasteiger charge is 2.16. The smallest absolute Gasteiger partial charge is 0.285 e. The maximum absolute atomic E-state index is 5.47. The molecule has 4 heteroatoms. The lowest BCUT2D eigenvalue weighted by Gasteiger charge is -2.19. The highest BCUT2D eigenvalue weighted by atomic mass is 16.5. The summed E-state index contributed by atoms with van der Waals surface area (Å²) in [7, 11) is 0. The molecule has 2 heterocycles. The first-order valence-electron chi connectivity index (χ1n) is 6.79. The molecule has 2 aromatic rings. The fraction of sp³-hybridized carbons (Fsp3) is 0.250. The van der Waals surface area contributed by atoms with Crippen LogP contribution in [0.5, 0.6) is 0 Å². The predicted molar refractivity (Wildman–Crippen MR) is 78.5 cm³/mol. The third-order valence-corrected chi connectivity index (χ3v) is 3.27. The summed E-state index contributed by atoms with van der Waals surface area (Å²) in [5.74, 6) is 0. The molecule has 1 aliphatic rings. The molecule has 0 saturated heterocycles. The summed E-state index contributed by atoms with van der Waals surface area (Å²) in [5.41, 5.74) is 2.46. The standard InChI is InChI=1S/C16H17N3O/c1-2-4-14(5-3-1)15(19-16-18-10-11-20-16)12-13-6-8-17-9-7-13/h1-9,15H,10-12H2,(H,18,19)/t15-/m0/s1. The molecule has 0 bridgehead atoms. The van der Waals surface area contributed by atoms with Crippen LogP contribution in [0.4, 0.5) is 0 Å². The first kappa shape index (κ1) is 12.7. The molecule has 4 nitrogen and oxygen atoms in total. The molecule has 1 atom stereocenters. The molecule has 0 radical (unpaired) electrons. The molecule has 0 unspecified atom stereocenters. The van der Waals surface area contributed by atoms with E-state index in [1.54, 1.807) is 0 Å². The molecule has 0 fully saturated rings. The zero-order chi connectivity index (χ0) is 13.6. The Morgan fingerprint density at radius 2 is 1.90 bits per heavy atom. The zero-order valence-electron chi connectivity index (χ0n) is 11.2. The number of benzene rings is 1. The van der Waals surface area contributed by atoms with Crippen molar-refractivity contribution in [2.45, 2.75) is 12.5 Å². The molecule has 1 aromatic heterocycles. The normalized spacial score (nSPS) is 15.3. The van der Waals surface area contributed by atoms with Crippen LogP contribution in [0.1, 0.15) is 17.2 Å². The second-order valence-corrected chi connectivity index (χ2v) is 4.70. The van der Waals surface area contributed by atoms with Crippen LogP contribution < -0.4 is 5.32 Å². The topological polar surface area (TPSA) is 46.5 Å². The molecule has 1 aliphatic heterocycles. The lowest BCUT2D eigenvalue weighted by atomic mass is 10.00. The number of hydrogen-bond donors (Lipinski definition) is 1. The van der Waals surface area contributed by atoms with Gasteiger partial charge in [-0.1, -0.05) is 30.3 Å². The van der Waals surface area contributed by atoms with Crippen LogP contribution in [0.3, 0.4) is 0 Å². The first-order chi connectivity index (χ1) is 9.92. The van der Waals surface area contributed by atoms with E-state index in [1.807, 2.05) is 42.7 Å². The van der Waals surface area contributed by atoms with Gasteiger partial charge in [0.1, 0.15) is 6.61 Å². The minimum absolute atomic E-state index is 0.149. The van der Waals surface area contributed by atoms with E-state index in [1.165, 1.54) is 11.1 Å². The highest BCUT2D eigenvalue weighted by molar-refractivity contribution is 5.75. The molecule has 0 saturated carbocycles. The first-order valence-corrected chi connectivity index (χ1v) is 6.79. The van der Waals surface area contributed by atoms with Gasteiger partial charge in [-0.3, -0.25) is 4.98 Å². The summed E-state index contributed by atoms with van der Waals surface area (Å²) in [5, 5.41) is 3.39. The van der Waals surface area contributed by atoms with Crippen molar-refractivity contribution in [2.24, 2.45) is 4.99 Å². The van der Waals surface area contributed by atoms with Crippen molar-refractivity contribution >= 4 is 6.02 Å². The third kappa shape index (κ3) is 3.15. The van der Waals surface area contributed by atoms with Gasteiger partial charge in [-0.2, -0.15) is 0 Å². The number of hydrogen-bond acceptors (Lipinski definition) is 4. The summed E-state index contributed by atoms with van der Waals surface area (Å²) in [6, 6.07) is 15.2. The van der Waals surface area contributed by atoms with Gasteiger partial charge in [0.2, 0.25) is 0 Å². The van der Waals surface area contributed by atoms with Crippen LogP contribution in [0.15, 0.2) is 59.9 Å². The summed E-state index contributed by atoms with van der Waals surface area (Å²) >= 11 is 0. The van der Waals surface area contributed by atoms with Gasteiger partial charge in [0.15, 0.2) is 0 Å². The Hall–Kier alpha value is -2.36. The van der Waals surface area contributed by atoms with E-state index < -0.39 is 0 Å². The largest absolute Gasteiger partial charge is 0.463 e. The van der Waals surface area contributed by atoms with Crippen LogP contribution in [0.2, 0.25) is 0 Å². The number of aliphatic imine (C=N–C) groups is 1. The fourth-order valence-corrected chi connectivity index (χ4v) is 2.26. The lowest BCUT2D eigenvalue weighted by Crippen LogP contribution is -2.30. The predicted octanol–water partition coefficient (Wildman–Crippen LogP) is 2.34. The van der Waals surface area contributed by atoms with E-state index in [4.69, 9.17) is 4.74 Å². The van der Waals surface area contributed by atoms with Crippen molar-refractivity contribution in [3.8, 4) is 0 Å². The quantitative estimate of drug-likeness (QED) is 0.925. The third-order valence-electron chi connectivity index (χ3n) is 3.27. The van der Waals surface area contributed by atoms with Crippen LogP contribution in [0, 0.1) is 0 Å². The van der Waals surface area contributed by atoms with E-state index in [2.05, 4.69) is 27.4 Å². The molecule has 1 N–H and O–H groups in total. The van der Waals surface area contributed by atoms with Crippen LogP contribution >= 0.6 is 0 Å². The van der Waals surface area contributed by atoms with Gasteiger partial charge in [0.25, 0.3) is 6.02 Å². The number of ether oxygens (including phenoxy) is 1. The molecular formula is C16H17N3O. The number of rotatable bonds is 4. The summed E-state index contributed by atoms with van der Waals surface area (Å²) in [4.78, 5) is 8.37. The van der Waals surface area contributed by atoms with Gasteiger partial charge < -0.3 is 10.1 Å². The van der Waals surface area contributed by atoms with Gasteiger partial charge >= 0.3 is 0 Å².